The van der Waals surface area contributed by atoms with E-state index in [4.69, 9.17) is 9.72 Å². The fraction of sp³-hybridized carbons (Fsp3) is 0.174. The first-order valence-corrected chi connectivity index (χ1v) is 9.36. The van der Waals surface area contributed by atoms with E-state index in [0.29, 0.717) is 0 Å². The monoisotopic (exact) mass is 373 g/mol. The molecule has 0 unspecified atom stereocenters. The maximum atomic E-state index is 13.4. The number of nitrogens with one attached hydrogen (secondary N) is 1. The average molecular weight is 373 g/mol. The summed E-state index contributed by atoms with van der Waals surface area (Å²) in [7, 11) is 1.70. The number of hydrogen-bond donors (Lipinski definition) is 1. The van der Waals surface area contributed by atoms with Crippen LogP contribution in [-0.4, -0.2) is 16.7 Å². The molecule has 1 aromatic heterocycles. The topological polar surface area (TPSA) is 39.1 Å². The molecule has 2 heterocycles. The zero-order chi connectivity index (χ0) is 19.1. The lowest BCUT2D eigenvalue weighted by Crippen LogP contribution is -2.27. The Morgan fingerprint density at radius 2 is 1.75 bits per heavy atom. The molecule has 4 aromatic rings. The second-order valence-electron chi connectivity index (χ2n) is 7.04. The molecular weight excluding hydrogens is 353 g/mol. The highest BCUT2D eigenvalue weighted by Gasteiger charge is 2.32. The summed E-state index contributed by atoms with van der Waals surface area (Å²) in [6.07, 6.45) is 0.805. The van der Waals surface area contributed by atoms with Gasteiger partial charge in [-0.1, -0.05) is 42.5 Å². The largest absolute Gasteiger partial charge is 0.496 e. The standard InChI is InChI=1S/C23H20FN3O/c1-28-22-9-5-2-6-17(22)21-14-19(15-10-12-16(24)13-11-15)26-23-25-18-7-3-4-8-20(18)27(21)23/h2-13,19,21H,14H2,1H3,(H,25,26)/t19-,21-/m0/s1. The van der Waals surface area contributed by atoms with Gasteiger partial charge in [0.25, 0.3) is 0 Å². The fourth-order valence-corrected chi connectivity index (χ4v) is 4.13. The number of halogens is 1. The van der Waals surface area contributed by atoms with Crippen LogP contribution in [0.3, 0.4) is 0 Å². The molecule has 2 atom stereocenters. The summed E-state index contributed by atoms with van der Waals surface area (Å²) in [5.74, 6) is 1.45. The van der Waals surface area contributed by atoms with Crippen LogP contribution < -0.4 is 10.1 Å². The quantitative estimate of drug-likeness (QED) is 0.527. The number of rotatable bonds is 3. The van der Waals surface area contributed by atoms with Crippen molar-refractivity contribution in [2.45, 2.75) is 18.5 Å². The van der Waals surface area contributed by atoms with Gasteiger partial charge < -0.3 is 14.6 Å². The van der Waals surface area contributed by atoms with E-state index in [9.17, 15) is 4.39 Å². The number of aromatic nitrogens is 2. The molecule has 0 bridgehead atoms. The van der Waals surface area contributed by atoms with Gasteiger partial charge in [-0.2, -0.15) is 0 Å². The number of methoxy groups -OCH3 is 1. The Labute approximate surface area is 162 Å². The predicted octanol–water partition coefficient (Wildman–Crippen LogP) is 5.33. The Balaban J connectivity index is 1.68. The summed E-state index contributed by atoms with van der Waals surface area (Å²) < 4.78 is 21.3. The van der Waals surface area contributed by atoms with Crippen LogP contribution in [0.5, 0.6) is 5.75 Å². The van der Waals surface area contributed by atoms with Crippen LogP contribution >= 0.6 is 0 Å². The van der Waals surface area contributed by atoms with Gasteiger partial charge in [0.05, 0.1) is 30.2 Å². The Morgan fingerprint density at radius 1 is 1.00 bits per heavy atom. The van der Waals surface area contributed by atoms with E-state index in [1.165, 1.54) is 12.1 Å². The first-order chi connectivity index (χ1) is 13.7. The Hall–Kier alpha value is -3.34. The zero-order valence-electron chi connectivity index (χ0n) is 15.5. The minimum atomic E-state index is -0.229. The van der Waals surface area contributed by atoms with Gasteiger partial charge in [0.2, 0.25) is 5.95 Å². The fourth-order valence-electron chi connectivity index (χ4n) is 4.13. The highest BCUT2D eigenvalue weighted by atomic mass is 19.1. The molecule has 3 aromatic carbocycles. The van der Waals surface area contributed by atoms with E-state index < -0.39 is 0 Å². The third-order valence-corrected chi connectivity index (χ3v) is 5.44. The van der Waals surface area contributed by atoms with Gasteiger partial charge in [-0.3, -0.25) is 0 Å². The van der Waals surface area contributed by atoms with Gasteiger partial charge >= 0.3 is 0 Å². The summed E-state index contributed by atoms with van der Waals surface area (Å²) in [5, 5.41) is 3.55. The van der Waals surface area contributed by atoms with Gasteiger partial charge in [-0.05, 0) is 42.3 Å². The van der Waals surface area contributed by atoms with Gasteiger partial charge in [0.15, 0.2) is 0 Å². The molecular formula is C23H20FN3O. The molecule has 0 saturated heterocycles. The molecule has 4 nitrogen and oxygen atoms in total. The molecule has 1 aliphatic rings. The van der Waals surface area contributed by atoms with Crippen molar-refractivity contribution >= 4 is 17.0 Å². The van der Waals surface area contributed by atoms with E-state index in [1.807, 2.05) is 48.5 Å². The molecule has 5 rings (SSSR count). The van der Waals surface area contributed by atoms with Gasteiger partial charge in [0.1, 0.15) is 11.6 Å². The van der Waals surface area contributed by atoms with E-state index in [1.54, 1.807) is 7.11 Å². The van der Waals surface area contributed by atoms with Crippen molar-refractivity contribution < 1.29 is 9.13 Å². The predicted molar refractivity (Wildman–Crippen MR) is 108 cm³/mol. The van der Waals surface area contributed by atoms with E-state index >= 15 is 0 Å². The average Bonchev–Trinajstić information content (AvgIpc) is 3.12. The second-order valence-corrected chi connectivity index (χ2v) is 7.04. The van der Waals surface area contributed by atoms with Crippen molar-refractivity contribution in [3.05, 3.63) is 89.7 Å². The smallest absolute Gasteiger partial charge is 0.204 e. The Kier molecular flexibility index (Phi) is 4.01. The Bertz CT molecular complexity index is 1140. The van der Waals surface area contributed by atoms with Crippen molar-refractivity contribution in [2.24, 2.45) is 0 Å². The number of benzene rings is 3. The third kappa shape index (κ3) is 2.71. The number of para-hydroxylation sites is 3. The first-order valence-electron chi connectivity index (χ1n) is 9.36. The Morgan fingerprint density at radius 3 is 2.57 bits per heavy atom. The summed E-state index contributed by atoms with van der Waals surface area (Å²) in [6.45, 7) is 0. The lowest BCUT2D eigenvalue weighted by Gasteiger charge is -2.34. The molecule has 1 N–H and O–H groups in total. The number of fused-ring (bicyclic) bond motifs is 3. The summed E-state index contributed by atoms with van der Waals surface area (Å²) >= 11 is 0. The van der Waals surface area contributed by atoms with Crippen LogP contribution in [0.2, 0.25) is 0 Å². The normalized spacial score (nSPS) is 18.5. The second kappa shape index (κ2) is 6.68. The molecule has 0 fully saturated rings. The van der Waals surface area contributed by atoms with E-state index in [-0.39, 0.29) is 17.9 Å². The molecule has 0 radical (unpaired) electrons. The number of hydrogen-bond acceptors (Lipinski definition) is 3. The maximum Gasteiger partial charge on any atom is 0.204 e. The van der Waals surface area contributed by atoms with E-state index in [0.717, 1.165) is 40.3 Å². The highest BCUT2D eigenvalue weighted by Crippen LogP contribution is 2.43. The van der Waals surface area contributed by atoms with Crippen LogP contribution in [0.4, 0.5) is 10.3 Å². The molecule has 1 aliphatic heterocycles. The van der Waals surface area contributed by atoms with Crippen molar-refractivity contribution in [2.75, 3.05) is 12.4 Å². The van der Waals surface area contributed by atoms with Crippen molar-refractivity contribution in [1.82, 2.24) is 9.55 Å². The summed E-state index contributed by atoms with van der Waals surface area (Å²) in [4.78, 5) is 4.81. The highest BCUT2D eigenvalue weighted by molar-refractivity contribution is 5.79. The van der Waals surface area contributed by atoms with Crippen LogP contribution in [0.1, 0.15) is 29.6 Å². The van der Waals surface area contributed by atoms with E-state index in [2.05, 4.69) is 22.0 Å². The van der Waals surface area contributed by atoms with Gasteiger partial charge in [0, 0.05) is 5.56 Å². The van der Waals surface area contributed by atoms with Gasteiger partial charge in [-0.15, -0.1) is 0 Å². The van der Waals surface area contributed by atoms with Crippen molar-refractivity contribution in [3.63, 3.8) is 0 Å². The number of imidazole rings is 1. The van der Waals surface area contributed by atoms with Crippen LogP contribution in [0.15, 0.2) is 72.8 Å². The van der Waals surface area contributed by atoms with Crippen LogP contribution in [0.25, 0.3) is 11.0 Å². The summed E-state index contributed by atoms with van der Waals surface area (Å²) in [6, 6.07) is 23.0. The molecule has 5 heteroatoms. The van der Waals surface area contributed by atoms with Crippen LogP contribution in [0, 0.1) is 5.82 Å². The molecule has 0 spiro atoms. The maximum absolute atomic E-state index is 13.4. The molecule has 0 aliphatic carbocycles. The zero-order valence-corrected chi connectivity index (χ0v) is 15.5. The number of ether oxygens (including phenoxy) is 1. The molecule has 28 heavy (non-hydrogen) atoms. The number of anilines is 1. The first kappa shape index (κ1) is 16.8. The van der Waals surface area contributed by atoms with Crippen molar-refractivity contribution in [3.8, 4) is 5.75 Å². The third-order valence-electron chi connectivity index (χ3n) is 5.44. The number of nitrogens with zero attached hydrogens (tertiary/aromatic N) is 2. The van der Waals surface area contributed by atoms with Gasteiger partial charge in [-0.25, -0.2) is 9.37 Å². The SMILES string of the molecule is COc1ccccc1[C@@H]1C[C@@H](c2ccc(F)cc2)Nc2nc3ccccc3n21. The molecule has 0 saturated carbocycles. The van der Waals surface area contributed by atoms with Crippen LogP contribution in [-0.2, 0) is 0 Å². The van der Waals surface area contributed by atoms with Crippen molar-refractivity contribution in [1.29, 1.82) is 0 Å². The lowest BCUT2D eigenvalue weighted by molar-refractivity contribution is 0.392. The minimum Gasteiger partial charge on any atom is -0.496 e. The lowest BCUT2D eigenvalue weighted by atomic mass is 9.92. The molecule has 140 valence electrons. The molecule has 0 amide bonds. The summed E-state index contributed by atoms with van der Waals surface area (Å²) in [5.41, 5.74) is 4.19. The minimum absolute atomic E-state index is 0.0276.